The van der Waals surface area contributed by atoms with Crippen molar-refractivity contribution in [3.8, 4) is 0 Å². The average Bonchev–Trinajstić information content (AvgIpc) is 2.86. The summed E-state index contributed by atoms with van der Waals surface area (Å²) in [4.78, 5) is 8.65. The van der Waals surface area contributed by atoms with Crippen LogP contribution in [-0.4, -0.2) is 14.5 Å². The summed E-state index contributed by atoms with van der Waals surface area (Å²) in [5, 5.41) is -0.242. The summed E-state index contributed by atoms with van der Waals surface area (Å²) in [5.41, 5.74) is 2.62. The Morgan fingerprint density at radius 2 is 2.05 bits per heavy atom. The van der Waals surface area contributed by atoms with Crippen molar-refractivity contribution >= 4 is 22.6 Å². The number of aromatic nitrogens is 3. The predicted molar refractivity (Wildman–Crippen MR) is 82.0 cm³/mol. The third-order valence-corrected chi connectivity index (χ3v) is 3.79. The average molecular weight is 304 g/mol. The van der Waals surface area contributed by atoms with Crippen LogP contribution in [0.4, 0.5) is 4.39 Å². The van der Waals surface area contributed by atoms with Gasteiger partial charge >= 0.3 is 0 Å². The number of imidazole rings is 1. The van der Waals surface area contributed by atoms with E-state index in [4.69, 9.17) is 11.6 Å². The molecule has 1 aromatic carbocycles. The van der Waals surface area contributed by atoms with Crippen LogP contribution in [0.15, 0.2) is 42.7 Å². The van der Waals surface area contributed by atoms with E-state index >= 15 is 0 Å². The van der Waals surface area contributed by atoms with E-state index < -0.39 is 0 Å². The van der Waals surface area contributed by atoms with Gasteiger partial charge in [-0.25, -0.2) is 9.37 Å². The molecular formula is C16H15ClFN3. The molecule has 3 rings (SSSR count). The van der Waals surface area contributed by atoms with Gasteiger partial charge in [-0.15, -0.1) is 11.6 Å². The summed E-state index contributed by atoms with van der Waals surface area (Å²) in [7, 11) is 0. The molecule has 3 aromatic rings. The van der Waals surface area contributed by atoms with Gasteiger partial charge in [-0.05, 0) is 37.6 Å². The molecule has 108 valence electrons. The van der Waals surface area contributed by atoms with Gasteiger partial charge in [0.1, 0.15) is 17.2 Å². The highest BCUT2D eigenvalue weighted by atomic mass is 35.5. The van der Waals surface area contributed by atoms with Crippen LogP contribution in [0.5, 0.6) is 0 Å². The molecule has 0 N–H and O–H groups in total. The minimum Gasteiger partial charge on any atom is -0.319 e. The summed E-state index contributed by atoms with van der Waals surface area (Å²) >= 11 is 6.26. The van der Waals surface area contributed by atoms with Crippen molar-refractivity contribution in [2.75, 3.05) is 0 Å². The van der Waals surface area contributed by atoms with E-state index in [0.717, 1.165) is 22.4 Å². The van der Waals surface area contributed by atoms with Gasteiger partial charge in [0.2, 0.25) is 0 Å². The standard InChI is InChI=1S/C16H15ClFN3/c1-10(17)16-20-14-9-19-7-6-15(14)21(16)11(2)12-4-3-5-13(18)8-12/h3-11H,1-2H3. The maximum Gasteiger partial charge on any atom is 0.128 e. The summed E-state index contributed by atoms with van der Waals surface area (Å²) in [6.07, 6.45) is 3.44. The highest BCUT2D eigenvalue weighted by Crippen LogP contribution is 2.30. The quantitative estimate of drug-likeness (QED) is 0.668. The summed E-state index contributed by atoms with van der Waals surface area (Å²) < 4.78 is 15.5. The second-order valence-electron chi connectivity index (χ2n) is 5.05. The SMILES string of the molecule is CC(Cl)c1nc2cnccc2n1C(C)c1cccc(F)c1. The van der Waals surface area contributed by atoms with Gasteiger partial charge in [-0.2, -0.15) is 0 Å². The number of hydrogen-bond acceptors (Lipinski definition) is 2. The molecule has 2 unspecified atom stereocenters. The van der Waals surface area contributed by atoms with Gasteiger partial charge in [-0.1, -0.05) is 12.1 Å². The molecule has 2 aromatic heterocycles. The maximum atomic E-state index is 13.5. The second-order valence-corrected chi connectivity index (χ2v) is 5.71. The first-order valence-corrected chi connectivity index (χ1v) is 7.23. The zero-order valence-corrected chi connectivity index (χ0v) is 12.5. The smallest absolute Gasteiger partial charge is 0.128 e. The van der Waals surface area contributed by atoms with Crippen molar-refractivity contribution in [2.45, 2.75) is 25.3 Å². The molecule has 2 atom stereocenters. The van der Waals surface area contributed by atoms with Crippen LogP contribution in [0.1, 0.15) is 36.7 Å². The van der Waals surface area contributed by atoms with Crippen LogP contribution in [0, 0.1) is 5.82 Å². The molecule has 0 radical (unpaired) electrons. The van der Waals surface area contributed by atoms with E-state index in [9.17, 15) is 4.39 Å². The third-order valence-electron chi connectivity index (χ3n) is 3.59. The fourth-order valence-electron chi connectivity index (χ4n) is 2.57. The lowest BCUT2D eigenvalue weighted by Crippen LogP contribution is -2.11. The van der Waals surface area contributed by atoms with E-state index in [1.165, 1.54) is 6.07 Å². The van der Waals surface area contributed by atoms with Crippen molar-refractivity contribution < 1.29 is 4.39 Å². The van der Waals surface area contributed by atoms with Crippen LogP contribution >= 0.6 is 11.6 Å². The van der Waals surface area contributed by atoms with Crippen LogP contribution < -0.4 is 0 Å². The van der Waals surface area contributed by atoms with E-state index in [1.54, 1.807) is 24.5 Å². The van der Waals surface area contributed by atoms with Crippen molar-refractivity contribution in [3.63, 3.8) is 0 Å². The molecule has 21 heavy (non-hydrogen) atoms. The van der Waals surface area contributed by atoms with Crippen molar-refractivity contribution in [1.29, 1.82) is 0 Å². The normalized spacial score (nSPS) is 14.3. The Labute approximate surface area is 127 Å². The largest absolute Gasteiger partial charge is 0.319 e. The van der Waals surface area contributed by atoms with Gasteiger partial charge in [0, 0.05) is 6.20 Å². The molecule has 0 aliphatic rings. The zero-order valence-electron chi connectivity index (χ0n) is 11.8. The Bertz CT molecular complexity index is 782. The lowest BCUT2D eigenvalue weighted by molar-refractivity contribution is 0.596. The predicted octanol–water partition coefficient (Wildman–Crippen LogP) is 4.48. The van der Waals surface area contributed by atoms with Gasteiger partial charge in [-0.3, -0.25) is 4.98 Å². The zero-order chi connectivity index (χ0) is 15.0. The minimum atomic E-state index is -0.245. The van der Waals surface area contributed by atoms with Crippen molar-refractivity contribution in [2.24, 2.45) is 0 Å². The lowest BCUT2D eigenvalue weighted by atomic mass is 10.1. The number of benzene rings is 1. The van der Waals surface area contributed by atoms with Crippen LogP contribution in [0.3, 0.4) is 0 Å². The first kappa shape index (κ1) is 14.0. The Morgan fingerprint density at radius 3 is 2.76 bits per heavy atom. The molecule has 3 nitrogen and oxygen atoms in total. The highest BCUT2D eigenvalue weighted by Gasteiger charge is 2.20. The molecule has 0 bridgehead atoms. The molecule has 0 aliphatic heterocycles. The van der Waals surface area contributed by atoms with E-state index in [-0.39, 0.29) is 17.2 Å². The number of pyridine rings is 1. The maximum absolute atomic E-state index is 13.5. The molecule has 0 spiro atoms. The first-order valence-electron chi connectivity index (χ1n) is 6.79. The number of alkyl halides is 1. The first-order chi connectivity index (χ1) is 10.1. The molecule has 0 saturated carbocycles. The van der Waals surface area contributed by atoms with Gasteiger partial charge in [0.25, 0.3) is 0 Å². The highest BCUT2D eigenvalue weighted by molar-refractivity contribution is 6.20. The van der Waals surface area contributed by atoms with Gasteiger partial charge in [0.05, 0.1) is 23.1 Å². The third kappa shape index (κ3) is 2.51. The Morgan fingerprint density at radius 1 is 1.24 bits per heavy atom. The summed E-state index contributed by atoms with van der Waals surface area (Å²) in [6, 6.07) is 8.44. The Hall–Kier alpha value is -1.94. The van der Waals surface area contributed by atoms with E-state index in [2.05, 4.69) is 9.97 Å². The fraction of sp³-hybridized carbons (Fsp3) is 0.250. The van der Waals surface area contributed by atoms with E-state index in [1.807, 2.05) is 30.5 Å². The van der Waals surface area contributed by atoms with Gasteiger partial charge < -0.3 is 4.57 Å². The van der Waals surface area contributed by atoms with Gasteiger partial charge in [0.15, 0.2) is 0 Å². The number of halogens is 2. The van der Waals surface area contributed by atoms with Crippen LogP contribution in [0.25, 0.3) is 11.0 Å². The molecule has 0 fully saturated rings. The summed E-state index contributed by atoms with van der Waals surface area (Å²) in [6.45, 7) is 3.89. The van der Waals surface area contributed by atoms with Crippen molar-refractivity contribution in [1.82, 2.24) is 14.5 Å². The molecule has 0 aliphatic carbocycles. The molecule has 0 amide bonds. The molecule has 2 heterocycles. The minimum absolute atomic E-state index is 0.0655. The van der Waals surface area contributed by atoms with Crippen LogP contribution in [0.2, 0.25) is 0 Å². The molecular weight excluding hydrogens is 289 g/mol. The monoisotopic (exact) mass is 303 g/mol. The van der Waals surface area contributed by atoms with Crippen LogP contribution in [-0.2, 0) is 0 Å². The van der Waals surface area contributed by atoms with Crippen molar-refractivity contribution in [3.05, 3.63) is 59.9 Å². The topological polar surface area (TPSA) is 30.7 Å². The molecule has 5 heteroatoms. The van der Waals surface area contributed by atoms with E-state index in [0.29, 0.717) is 0 Å². The fourth-order valence-corrected chi connectivity index (χ4v) is 2.73. The second kappa shape index (κ2) is 5.45. The number of fused-ring (bicyclic) bond motifs is 1. The summed E-state index contributed by atoms with van der Waals surface area (Å²) in [5.74, 6) is 0.516. The number of nitrogens with zero attached hydrogens (tertiary/aromatic N) is 3. The lowest BCUT2D eigenvalue weighted by Gasteiger charge is -2.19. The molecule has 0 saturated heterocycles. The number of rotatable bonds is 3. The number of hydrogen-bond donors (Lipinski definition) is 0. The Kier molecular flexibility index (Phi) is 3.64. The Balaban J connectivity index is 2.20.